The number of nitrogens with zero attached hydrogens (tertiary/aromatic N) is 2. The van der Waals surface area contributed by atoms with Crippen LogP contribution in [-0.2, 0) is 16.1 Å². The summed E-state index contributed by atoms with van der Waals surface area (Å²) in [5, 5.41) is 0.708. The molecule has 3 heterocycles. The van der Waals surface area contributed by atoms with E-state index in [0.29, 0.717) is 17.3 Å². The molecule has 0 N–H and O–H groups in total. The van der Waals surface area contributed by atoms with Crippen LogP contribution in [0.2, 0.25) is 5.02 Å². The molecule has 9 heteroatoms. The summed E-state index contributed by atoms with van der Waals surface area (Å²) in [6.45, 7) is 0.405. The van der Waals surface area contributed by atoms with E-state index in [2.05, 4.69) is 15.9 Å². The molecule has 5 nitrogen and oxygen atoms in total. The number of rotatable bonds is 4. The molecular formula is C27H18BrClN2O3S2. The Balaban J connectivity index is 1.49. The van der Waals surface area contributed by atoms with Crippen molar-refractivity contribution < 1.29 is 9.59 Å². The molecular weight excluding hydrogens is 580 g/mol. The van der Waals surface area contributed by atoms with E-state index in [9.17, 15) is 14.4 Å². The molecule has 0 spiro atoms. The molecule has 2 aliphatic heterocycles. The number of aromatic nitrogens is 1. The van der Waals surface area contributed by atoms with E-state index in [1.165, 1.54) is 16.7 Å². The van der Waals surface area contributed by atoms with Gasteiger partial charge in [-0.05, 0) is 47.5 Å². The van der Waals surface area contributed by atoms with E-state index in [0.717, 1.165) is 36.8 Å². The topological polar surface area (TPSA) is 59.4 Å². The van der Waals surface area contributed by atoms with Crippen molar-refractivity contribution >= 4 is 68.1 Å². The van der Waals surface area contributed by atoms with Gasteiger partial charge in [0.15, 0.2) is 0 Å². The first-order valence-corrected chi connectivity index (χ1v) is 14.1. The van der Waals surface area contributed by atoms with Crippen molar-refractivity contribution in [2.24, 2.45) is 5.92 Å². The van der Waals surface area contributed by atoms with Crippen molar-refractivity contribution in [3.8, 4) is 0 Å². The Morgan fingerprint density at radius 3 is 2.25 bits per heavy atom. The van der Waals surface area contributed by atoms with Gasteiger partial charge in [0.25, 0.3) is 0 Å². The third-order valence-corrected chi connectivity index (χ3v) is 9.93. The minimum absolute atomic E-state index is 0.0973. The second-order valence-electron chi connectivity index (χ2n) is 8.69. The summed E-state index contributed by atoms with van der Waals surface area (Å²) in [7, 11) is 0. The lowest BCUT2D eigenvalue weighted by Gasteiger charge is -2.30. The highest BCUT2D eigenvalue weighted by atomic mass is 79.9. The Hall–Kier alpha value is -2.65. The fourth-order valence-electron chi connectivity index (χ4n) is 4.90. The van der Waals surface area contributed by atoms with Crippen LogP contribution < -0.4 is 9.77 Å². The molecule has 6 rings (SSSR count). The quantitative estimate of drug-likeness (QED) is 0.264. The number of halogens is 2. The van der Waals surface area contributed by atoms with E-state index in [1.54, 1.807) is 28.8 Å². The standard InChI is InChI=1S/C27H18BrClN2O3S2/c28-17-8-12-19(13-9-17)31-24(32)21-20(16-6-10-18(29)11-7-16)23-26(35-22(21)25(31)33)30(27(34)36-23)14-15-4-2-1-3-5-15/h1-13,20-22H,14H2/t20-,21+,22-/m1/s1. The summed E-state index contributed by atoms with van der Waals surface area (Å²) in [6.07, 6.45) is 0. The second-order valence-corrected chi connectivity index (χ2v) is 12.2. The van der Waals surface area contributed by atoms with Crippen LogP contribution in [0.5, 0.6) is 0 Å². The van der Waals surface area contributed by atoms with E-state index >= 15 is 0 Å². The minimum Gasteiger partial charge on any atom is -0.289 e. The van der Waals surface area contributed by atoms with Crippen molar-refractivity contribution in [1.29, 1.82) is 0 Å². The van der Waals surface area contributed by atoms with Gasteiger partial charge in [0.05, 0.1) is 23.2 Å². The Labute approximate surface area is 228 Å². The van der Waals surface area contributed by atoms with Crippen LogP contribution in [0.25, 0.3) is 0 Å². The maximum absolute atomic E-state index is 13.9. The van der Waals surface area contributed by atoms with Crippen LogP contribution in [-0.4, -0.2) is 21.6 Å². The number of anilines is 1. The predicted molar refractivity (Wildman–Crippen MR) is 147 cm³/mol. The van der Waals surface area contributed by atoms with E-state index in [1.807, 2.05) is 54.6 Å². The average Bonchev–Trinajstić information content (AvgIpc) is 3.32. The normalized spacial score (nSPS) is 20.9. The number of hydrogen-bond acceptors (Lipinski definition) is 5. The zero-order valence-corrected chi connectivity index (χ0v) is 22.6. The van der Waals surface area contributed by atoms with Gasteiger partial charge in [-0.3, -0.25) is 19.0 Å². The molecule has 36 heavy (non-hydrogen) atoms. The summed E-state index contributed by atoms with van der Waals surface area (Å²) in [5.41, 5.74) is 2.40. The van der Waals surface area contributed by atoms with E-state index < -0.39 is 17.1 Å². The van der Waals surface area contributed by atoms with Crippen molar-refractivity contribution in [2.75, 3.05) is 4.90 Å². The maximum atomic E-state index is 13.9. The first-order chi connectivity index (χ1) is 17.4. The first kappa shape index (κ1) is 23.7. The Morgan fingerprint density at radius 1 is 0.861 bits per heavy atom. The SMILES string of the molecule is O=C1[C@H]2[C@@H](c3ccc(Cl)cc3)c3sc(=O)n(Cc4ccccc4)c3S[C@H]2C(=O)N1c1ccc(Br)cc1. The summed E-state index contributed by atoms with van der Waals surface area (Å²) in [4.78, 5) is 42.8. The summed E-state index contributed by atoms with van der Waals surface area (Å²) < 4.78 is 2.60. The fraction of sp³-hybridized carbons (Fsp3) is 0.148. The third-order valence-electron chi connectivity index (χ3n) is 6.55. The fourth-order valence-corrected chi connectivity index (χ4v) is 8.06. The molecule has 0 aliphatic carbocycles. The van der Waals surface area contributed by atoms with Gasteiger partial charge in [0, 0.05) is 20.3 Å². The van der Waals surface area contributed by atoms with Crippen LogP contribution in [0.15, 0.2) is 93.2 Å². The van der Waals surface area contributed by atoms with Crippen LogP contribution in [0.3, 0.4) is 0 Å². The molecule has 2 aliphatic rings. The lowest BCUT2D eigenvalue weighted by Crippen LogP contribution is -2.32. The number of amides is 2. The number of imide groups is 1. The van der Waals surface area contributed by atoms with Crippen LogP contribution >= 0.6 is 50.6 Å². The van der Waals surface area contributed by atoms with Crippen molar-refractivity contribution in [2.45, 2.75) is 22.7 Å². The number of thiazole rings is 1. The van der Waals surface area contributed by atoms with Crippen LogP contribution in [0.4, 0.5) is 5.69 Å². The number of hydrogen-bond donors (Lipinski definition) is 0. The molecule has 2 amide bonds. The number of carbonyl (C=O) groups excluding carboxylic acids is 2. The second kappa shape index (κ2) is 9.34. The average molecular weight is 598 g/mol. The molecule has 3 aromatic carbocycles. The number of benzene rings is 3. The van der Waals surface area contributed by atoms with Gasteiger partial charge in [0.2, 0.25) is 11.8 Å². The van der Waals surface area contributed by atoms with Gasteiger partial charge >= 0.3 is 4.87 Å². The highest BCUT2D eigenvalue weighted by molar-refractivity contribution is 9.10. The summed E-state index contributed by atoms with van der Waals surface area (Å²) in [5.74, 6) is -1.55. The molecule has 0 bridgehead atoms. The number of fused-ring (bicyclic) bond motifs is 2. The van der Waals surface area contributed by atoms with Gasteiger partial charge in [-0.1, -0.05) is 93.1 Å². The van der Waals surface area contributed by atoms with Gasteiger partial charge < -0.3 is 0 Å². The van der Waals surface area contributed by atoms with Crippen LogP contribution in [0.1, 0.15) is 21.9 Å². The van der Waals surface area contributed by atoms with Gasteiger partial charge in [-0.25, -0.2) is 4.90 Å². The summed E-state index contributed by atoms with van der Waals surface area (Å²) in [6, 6.07) is 24.3. The largest absolute Gasteiger partial charge is 0.308 e. The molecule has 3 atom stereocenters. The van der Waals surface area contributed by atoms with Crippen molar-refractivity contribution in [3.05, 3.63) is 114 Å². The van der Waals surface area contributed by atoms with E-state index in [4.69, 9.17) is 11.6 Å². The molecule has 1 aromatic heterocycles. The smallest absolute Gasteiger partial charge is 0.289 e. The number of thioether (sulfide) groups is 1. The van der Waals surface area contributed by atoms with Crippen molar-refractivity contribution in [1.82, 2.24) is 4.57 Å². The third kappa shape index (κ3) is 3.96. The molecule has 4 aromatic rings. The zero-order valence-electron chi connectivity index (χ0n) is 18.6. The zero-order chi connectivity index (χ0) is 25.0. The Kier molecular flexibility index (Phi) is 6.16. The summed E-state index contributed by atoms with van der Waals surface area (Å²) >= 11 is 12.1. The predicted octanol–water partition coefficient (Wildman–Crippen LogP) is 6.17. The first-order valence-electron chi connectivity index (χ1n) is 11.3. The number of carbonyl (C=O) groups is 2. The van der Waals surface area contributed by atoms with Gasteiger partial charge in [-0.2, -0.15) is 0 Å². The van der Waals surface area contributed by atoms with Gasteiger partial charge in [0.1, 0.15) is 5.25 Å². The lowest BCUT2D eigenvalue weighted by atomic mass is 9.83. The van der Waals surface area contributed by atoms with E-state index in [-0.39, 0.29) is 16.7 Å². The molecule has 180 valence electrons. The highest BCUT2D eigenvalue weighted by Crippen LogP contribution is 2.54. The molecule has 0 radical (unpaired) electrons. The molecule has 1 saturated heterocycles. The van der Waals surface area contributed by atoms with Crippen molar-refractivity contribution in [3.63, 3.8) is 0 Å². The Morgan fingerprint density at radius 2 is 1.56 bits per heavy atom. The molecule has 0 unspecified atom stereocenters. The van der Waals surface area contributed by atoms with Gasteiger partial charge in [-0.15, -0.1) is 0 Å². The molecule has 0 saturated carbocycles. The molecule has 1 fully saturated rings. The van der Waals surface area contributed by atoms with Crippen LogP contribution in [0, 0.1) is 5.92 Å². The maximum Gasteiger partial charge on any atom is 0.308 e. The lowest BCUT2D eigenvalue weighted by molar-refractivity contribution is -0.122. The Bertz CT molecular complexity index is 1530. The monoisotopic (exact) mass is 596 g/mol. The minimum atomic E-state index is -0.634. The highest BCUT2D eigenvalue weighted by Gasteiger charge is 2.56.